The predicted molar refractivity (Wildman–Crippen MR) is 90.6 cm³/mol. The minimum atomic E-state index is -0.590. The molecule has 0 saturated carbocycles. The lowest BCUT2D eigenvalue weighted by Gasteiger charge is -2.61. The highest BCUT2D eigenvalue weighted by Crippen LogP contribution is 2.66. The van der Waals surface area contributed by atoms with Gasteiger partial charge in [-0.3, -0.25) is 0 Å². The van der Waals surface area contributed by atoms with E-state index in [-0.39, 0.29) is 15.8 Å². The highest BCUT2D eigenvalue weighted by Gasteiger charge is 2.70. The number of methoxy groups -OCH3 is 1. The van der Waals surface area contributed by atoms with Crippen LogP contribution in [0.3, 0.4) is 0 Å². The third-order valence-corrected chi connectivity index (χ3v) is 7.92. The van der Waals surface area contributed by atoms with Crippen molar-refractivity contribution in [1.82, 2.24) is 4.90 Å². The number of likely N-dealkylation sites (tertiary alicyclic amines) is 1. The maximum Gasteiger partial charge on any atom is 0.166 e. The summed E-state index contributed by atoms with van der Waals surface area (Å²) in [4.78, 5) is 2.43. The Kier molecular flexibility index (Phi) is 2.69. The summed E-state index contributed by atoms with van der Waals surface area (Å²) >= 11 is 4.10. The largest absolute Gasteiger partial charge is 0.493 e. The Hall–Kier alpha value is -1.04. The van der Waals surface area contributed by atoms with E-state index in [1.54, 1.807) is 7.11 Å². The van der Waals surface area contributed by atoms with Gasteiger partial charge in [0.05, 0.1) is 16.8 Å². The van der Waals surface area contributed by atoms with Crippen molar-refractivity contribution in [2.45, 2.75) is 40.8 Å². The van der Waals surface area contributed by atoms with Gasteiger partial charge in [-0.25, -0.2) is 0 Å². The van der Waals surface area contributed by atoms with Gasteiger partial charge in [-0.1, -0.05) is 34.1 Å². The third kappa shape index (κ3) is 1.42. The number of ether oxygens (including phenoxy) is 2. The average Bonchev–Trinajstić information content (AvgIpc) is 2.90. The molecule has 1 saturated heterocycles. The third-order valence-electron chi connectivity index (χ3n) is 6.42. The van der Waals surface area contributed by atoms with Crippen molar-refractivity contribution in [2.75, 3.05) is 20.7 Å². The summed E-state index contributed by atoms with van der Waals surface area (Å²) in [7, 11) is 3.87. The number of hydrogen-bond acceptors (Lipinski definition) is 4. The number of piperidine rings is 1. The van der Waals surface area contributed by atoms with Gasteiger partial charge in [0.25, 0.3) is 0 Å². The van der Waals surface area contributed by atoms with E-state index in [1.165, 1.54) is 11.1 Å². The van der Waals surface area contributed by atoms with Gasteiger partial charge < -0.3 is 19.5 Å². The molecule has 5 heteroatoms. The minimum Gasteiger partial charge on any atom is -0.493 e. The zero-order valence-electron chi connectivity index (χ0n) is 13.3. The van der Waals surface area contributed by atoms with Gasteiger partial charge in [-0.2, -0.15) is 0 Å². The average molecular weight is 378 g/mol. The first kappa shape index (κ1) is 14.3. The summed E-state index contributed by atoms with van der Waals surface area (Å²) in [6.07, 6.45) is 5.17. The first-order valence-electron chi connectivity index (χ1n) is 8.16. The van der Waals surface area contributed by atoms with Crippen LogP contribution in [-0.4, -0.2) is 53.3 Å². The van der Waals surface area contributed by atoms with E-state index < -0.39 is 6.10 Å². The summed E-state index contributed by atoms with van der Waals surface area (Å²) in [5.41, 5.74) is 2.36. The maximum atomic E-state index is 10.6. The second kappa shape index (κ2) is 4.32. The number of hydrogen-bond donors (Lipinski definition) is 1. The normalized spacial score (nSPS) is 43.0. The monoisotopic (exact) mass is 377 g/mol. The first-order valence-corrected chi connectivity index (χ1v) is 8.96. The van der Waals surface area contributed by atoms with Crippen LogP contribution >= 0.6 is 15.9 Å². The Morgan fingerprint density at radius 3 is 3.04 bits per heavy atom. The number of likely N-dealkylation sites (N-methyl/N-ethyl adjacent to an activating group) is 1. The van der Waals surface area contributed by atoms with E-state index in [0.29, 0.717) is 6.04 Å². The first-order chi connectivity index (χ1) is 11.0. The van der Waals surface area contributed by atoms with E-state index in [2.05, 4.69) is 40.0 Å². The quantitative estimate of drug-likeness (QED) is 0.600. The van der Waals surface area contributed by atoms with Crippen LogP contribution in [0.4, 0.5) is 0 Å². The molecular formula is C18H20BrNO3. The molecule has 0 aromatic heterocycles. The van der Waals surface area contributed by atoms with Crippen LogP contribution in [0.1, 0.15) is 17.5 Å². The van der Waals surface area contributed by atoms with E-state index in [1.807, 2.05) is 12.1 Å². The van der Waals surface area contributed by atoms with Crippen molar-refractivity contribution in [3.63, 3.8) is 0 Å². The molecule has 4 aliphatic rings. The number of rotatable bonds is 1. The molecule has 122 valence electrons. The molecule has 1 N–H and O–H groups in total. The molecule has 2 aliphatic carbocycles. The molecule has 4 nitrogen and oxygen atoms in total. The number of aliphatic hydroxyl groups excluding tert-OH is 1. The minimum absolute atomic E-state index is 0.207. The highest BCUT2D eigenvalue weighted by molar-refractivity contribution is 9.10. The molecule has 1 spiro atoms. The summed E-state index contributed by atoms with van der Waals surface area (Å²) in [5.74, 6) is 1.61. The van der Waals surface area contributed by atoms with E-state index in [9.17, 15) is 5.11 Å². The van der Waals surface area contributed by atoms with Crippen LogP contribution in [0, 0.1) is 0 Å². The molecule has 23 heavy (non-hydrogen) atoms. The molecule has 1 fully saturated rings. The Bertz CT molecular complexity index is 735. The number of aliphatic hydroxyl groups is 1. The molecule has 5 rings (SSSR count). The Morgan fingerprint density at radius 1 is 1.43 bits per heavy atom. The van der Waals surface area contributed by atoms with Gasteiger partial charge in [0, 0.05) is 11.6 Å². The van der Waals surface area contributed by atoms with Gasteiger partial charge in [-0.15, -0.1) is 0 Å². The molecule has 0 radical (unpaired) electrons. The van der Waals surface area contributed by atoms with Crippen LogP contribution in [0.25, 0.3) is 0 Å². The Morgan fingerprint density at radius 2 is 2.26 bits per heavy atom. The molecule has 1 aromatic carbocycles. The van der Waals surface area contributed by atoms with Gasteiger partial charge >= 0.3 is 0 Å². The molecule has 0 unspecified atom stereocenters. The van der Waals surface area contributed by atoms with E-state index in [4.69, 9.17) is 9.47 Å². The van der Waals surface area contributed by atoms with Crippen molar-refractivity contribution < 1.29 is 14.6 Å². The van der Waals surface area contributed by atoms with Gasteiger partial charge in [-0.05, 0) is 38.1 Å². The summed E-state index contributed by atoms with van der Waals surface area (Å²) < 4.78 is 11.7. The maximum absolute atomic E-state index is 10.6. The fourth-order valence-corrected chi connectivity index (χ4v) is 6.67. The van der Waals surface area contributed by atoms with Crippen LogP contribution < -0.4 is 9.47 Å². The van der Waals surface area contributed by atoms with Crippen LogP contribution in [0.15, 0.2) is 24.3 Å². The molecule has 2 aliphatic heterocycles. The lowest BCUT2D eigenvalue weighted by Crippen LogP contribution is -2.72. The number of nitrogens with zero attached hydrogens (tertiary/aromatic N) is 1. The lowest BCUT2D eigenvalue weighted by atomic mass is 9.53. The molecule has 2 heterocycles. The second-order valence-electron chi connectivity index (χ2n) is 7.21. The zero-order chi connectivity index (χ0) is 16.0. The Labute approximate surface area is 144 Å². The van der Waals surface area contributed by atoms with Crippen LogP contribution in [0.2, 0.25) is 0 Å². The summed E-state index contributed by atoms with van der Waals surface area (Å²) in [5, 5.41) is 10.6. The molecular weight excluding hydrogens is 358 g/mol. The fourth-order valence-electron chi connectivity index (χ4n) is 5.38. The van der Waals surface area contributed by atoms with Crippen molar-refractivity contribution in [2.24, 2.45) is 0 Å². The standard InChI is InChI=1S/C18H20BrNO3/c1-20-8-7-17-14-10-3-4-12(22-2)15(14)23-16(17)11(21)5-6-18(17,19)13(20)9-10/h3-6,11,13,16,21H,7-9H2,1-2H3/t11-,13+,16-,17-,18+/m0/s1. The number of halogens is 1. The second-order valence-corrected chi connectivity index (χ2v) is 8.52. The van der Waals surface area contributed by atoms with Crippen molar-refractivity contribution in [3.8, 4) is 11.5 Å². The van der Waals surface area contributed by atoms with Crippen molar-refractivity contribution >= 4 is 15.9 Å². The Balaban J connectivity index is 1.87. The van der Waals surface area contributed by atoms with Crippen LogP contribution in [-0.2, 0) is 11.8 Å². The van der Waals surface area contributed by atoms with Gasteiger partial charge in [0.1, 0.15) is 12.2 Å². The number of alkyl halides is 1. The lowest BCUT2D eigenvalue weighted by molar-refractivity contribution is -0.0307. The van der Waals surface area contributed by atoms with E-state index >= 15 is 0 Å². The molecule has 1 aromatic rings. The predicted octanol–water partition coefficient (Wildman–Crippen LogP) is 2.02. The smallest absolute Gasteiger partial charge is 0.166 e. The highest BCUT2D eigenvalue weighted by atomic mass is 79.9. The topological polar surface area (TPSA) is 41.9 Å². The fraction of sp³-hybridized carbons (Fsp3) is 0.556. The molecule has 0 amide bonds. The summed E-state index contributed by atoms with van der Waals surface area (Å²) in [6, 6.07) is 4.53. The molecule has 2 bridgehead atoms. The summed E-state index contributed by atoms with van der Waals surface area (Å²) in [6.45, 7) is 1.01. The van der Waals surface area contributed by atoms with E-state index in [0.717, 1.165) is 30.9 Å². The van der Waals surface area contributed by atoms with Gasteiger partial charge in [0.2, 0.25) is 0 Å². The van der Waals surface area contributed by atoms with Crippen LogP contribution in [0.5, 0.6) is 11.5 Å². The zero-order valence-corrected chi connectivity index (χ0v) is 14.8. The van der Waals surface area contributed by atoms with Gasteiger partial charge in [0.15, 0.2) is 11.5 Å². The van der Waals surface area contributed by atoms with Crippen molar-refractivity contribution in [1.29, 1.82) is 0 Å². The number of benzene rings is 1. The van der Waals surface area contributed by atoms with Crippen molar-refractivity contribution in [3.05, 3.63) is 35.4 Å². The molecule has 5 atom stereocenters. The SMILES string of the molecule is COc1ccc2c3c1O[C@H]1[C@@H](O)C=C[C@@]4(Br)[C@@H](C2)N(C)CC[C@]314.